The highest BCUT2D eigenvalue weighted by Crippen LogP contribution is 2.77. The summed E-state index contributed by atoms with van der Waals surface area (Å²) >= 11 is 0. The molecule has 4 bridgehead atoms. The molecule has 7 atom stereocenters. The van der Waals surface area contributed by atoms with Gasteiger partial charge in [0.15, 0.2) is 0 Å². The number of benzene rings is 1. The number of ether oxygens (including phenoxy) is 2. The van der Waals surface area contributed by atoms with E-state index in [9.17, 15) is 5.11 Å². The lowest BCUT2D eigenvalue weighted by molar-refractivity contribution is -0.312. The van der Waals surface area contributed by atoms with E-state index in [-0.39, 0.29) is 28.3 Å². The maximum atomic E-state index is 12.2. The summed E-state index contributed by atoms with van der Waals surface area (Å²) in [7, 11) is 1.89. The van der Waals surface area contributed by atoms with Gasteiger partial charge in [-0.1, -0.05) is 32.9 Å². The minimum absolute atomic E-state index is 0.00736. The molecule has 0 amide bonds. The van der Waals surface area contributed by atoms with E-state index in [1.165, 1.54) is 55.5 Å². The number of methoxy groups -OCH3 is 1. The Bertz CT molecular complexity index is 1050. The largest absolute Gasteiger partial charge is 0.486 e. The zero-order valence-corrected chi connectivity index (χ0v) is 22.0. The Hall–Kier alpha value is -1.10. The molecule has 4 saturated carbocycles. The van der Waals surface area contributed by atoms with Crippen molar-refractivity contribution in [1.29, 1.82) is 0 Å². The van der Waals surface area contributed by atoms with Crippen molar-refractivity contribution in [2.45, 2.75) is 108 Å². The molecule has 1 unspecified atom stereocenters. The number of nitrogens with zero attached hydrogens (tertiary/aromatic N) is 1. The number of aryl methyl sites for hydroxylation is 1. The topological polar surface area (TPSA) is 41.9 Å². The first-order valence-electron chi connectivity index (χ1n) is 13.8. The fraction of sp³-hybridized carbons (Fsp3) is 0.800. The van der Waals surface area contributed by atoms with Crippen molar-refractivity contribution in [3.05, 3.63) is 28.8 Å². The summed E-state index contributed by atoms with van der Waals surface area (Å²) < 4.78 is 13.8. The molecule has 1 N–H and O–H groups in total. The predicted octanol–water partition coefficient (Wildman–Crippen LogP) is 5.02. The summed E-state index contributed by atoms with van der Waals surface area (Å²) in [6.07, 6.45) is 8.33. The van der Waals surface area contributed by atoms with E-state index >= 15 is 0 Å². The lowest BCUT2D eigenvalue weighted by Gasteiger charge is -2.75. The van der Waals surface area contributed by atoms with E-state index in [0.29, 0.717) is 6.04 Å². The first kappa shape index (κ1) is 22.1. The average Bonchev–Trinajstić information content (AvgIpc) is 3.53. The van der Waals surface area contributed by atoms with Gasteiger partial charge in [0.1, 0.15) is 17.5 Å². The van der Waals surface area contributed by atoms with Crippen LogP contribution in [0.1, 0.15) is 82.9 Å². The number of hydrogen-bond acceptors (Lipinski definition) is 4. The minimum atomic E-state index is -0.846. The quantitative estimate of drug-likeness (QED) is 0.678. The molecule has 186 valence electrons. The number of aliphatic hydroxyl groups is 1. The van der Waals surface area contributed by atoms with Crippen LogP contribution in [0.3, 0.4) is 0 Å². The molecule has 2 spiro atoms. The van der Waals surface area contributed by atoms with Crippen LogP contribution in [0.4, 0.5) is 0 Å². The third-order valence-corrected chi connectivity index (χ3v) is 12.1. The third kappa shape index (κ3) is 2.29. The normalized spacial score (nSPS) is 43.9. The van der Waals surface area contributed by atoms with Crippen LogP contribution < -0.4 is 4.74 Å². The van der Waals surface area contributed by atoms with Crippen LogP contribution in [-0.4, -0.2) is 53.6 Å². The number of rotatable bonds is 4. The summed E-state index contributed by atoms with van der Waals surface area (Å²) in [6, 6.07) is 5.24. The molecule has 1 aromatic rings. The number of fused-ring (bicyclic) bond motifs is 2. The van der Waals surface area contributed by atoms with Gasteiger partial charge in [0.25, 0.3) is 0 Å². The van der Waals surface area contributed by atoms with E-state index in [2.05, 4.69) is 51.7 Å². The van der Waals surface area contributed by atoms with E-state index in [1.807, 2.05) is 7.11 Å². The molecule has 0 radical (unpaired) electrons. The number of piperidine rings is 1. The van der Waals surface area contributed by atoms with Gasteiger partial charge in [0, 0.05) is 42.0 Å². The Kier molecular flexibility index (Phi) is 4.18. The third-order valence-electron chi connectivity index (χ3n) is 12.1. The second-order valence-corrected chi connectivity index (χ2v) is 14.1. The van der Waals surface area contributed by atoms with E-state index in [0.717, 1.165) is 30.9 Å². The highest BCUT2D eigenvalue weighted by atomic mass is 16.6. The predicted molar refractivity (Wildman–Crippen MR) is 133 cm³/mol. The highest BCUT2D eigenvalue weighted by Gasteiger charge is 2.82. The van der Waals surface area contributed by atoms with Crippen molar-refractivity contribution in [3.63, 3.8) is 0 Å². The minimum Gasteiger partial charge on any atom is -0.486 e. The lowest BCUT2D eigenvalue weighted by atomic mass is 9.33. The maximum Gasteiger partial charge on any atom is 0.138 e. The van der Waals surface area contributed by atoms with Gasteiger partial charge in [-0.2, -0.15) is 0 Å². The molecule has 4 heteroatoms. The van der Waals surface area contributed by atoms with E-state index in [4.69, 9.17) is 9.47 Å². The average molecular weight is 466 g/mol. The summed E-state index contributed by atoms with van der Waals surface area (Å²) in [6.45, 7) is 13.3. The molecule has 0 aromatic heterocycles. The first-order valence-corrected chi connectivity index (χ1v) is 13.8. The molecule has 4 nitrogen and oxygen atoms in total. The van der Waals surface area contributed by atoms with Crippen LogP contribution >= 0.6 is 0 Å². The van der Waals surface area contributed by atoms with Gasteiger partial charge in [0.2, 0.25) is 0 Å². The van der Waals surface area contributed by atoms with Crippen LogP contribution in [0.5, 0.6) is 5.75 Å². The van der Waals surface area contributed by atoms with Gasteiger partial charge < -0.3 is 14.6 Å². The van der Waals surface area contributed by atoms with Crippen molar-refractivity contribution >= 4 is 0 Å². The van der Waals surface area contributed by atoms with E-state index < -0.39 is 11.2 Å². The Balaban J connectivity index is 1.47. The monoisotopic (exact) mass is 465 g/mol. The van der Waals surface area contributed by atoms with Gasteiger partial charge in [-0.05, 0) is 87.8 Å². The Morgan fingerprint density at radius 3 is 2.59 bits per heavy atom. The second-order valence-electron chi connectivity index (χ2n) is 14.1. The van der Waals surface area contributed by atoms with Crippen molar-refractivity contribution in [3.8, 4) is 5.75 Å². The molecule has 1 saturated heterocycles. The van der Waals surface area contributed by atoms with Gasteiger partial charge in [0.05, 0.1) is 5.60 Å². The Morgan fingerprint density at radius 1 is 1.15 bits per heavy atom. The molecular formula is C30H43NO3. The molecule has 2 heterocycles. The molecule has 34 heavy (non-hydrogen) atoms. The Morgan fingerprint density at radius 2 is 1.91 bits per heavy atom. The maximum absolute atomic E-state index is 12.2. The molecule has 2 aliphatic heterocycles. The van der Waals surface area contributed by atoms with Crippen LogP contribution in [0, 0.1) is 29.6 Å². The summed E-state index contributed by atoms with van der Waals surface area (Å²) in [5.41, 5.74) is 2.95. The summed E-state index contributed by atoms with van der Waals surface area (Å²) in [4.78, 5) is 2.88. The molecular weight excluding hydrogens is 422 g/mol. The fourth-order valence-corrected chi connectivity index (χ4v) is 9.73. The number of hydrogen-bond donors (Lipinski definition) is 1. The van der Waals surface area contributed by atoms with Gasteiger partial charge in [-0.15, -0.1) is 0 Å². The number of likely N-dealkylation sites (tertiary alicyclic amines) is 1. The molecule has 5 aliphatic carbocycles. The lowest BCUT2D eigenvalue weighted by Crippen LogP contribution is -2.83. The van der Waals surface area contributed by atoms with Crippen molar-refractivity contribution < 1.29 is 14.6 Å². The highest BCUT2D eigenvalue weighted by molar-refractivity contribution is 5.61. The van der Waals surface area contributed by atoms with Crippen LogP contribution in [0.15, 0.2) is 12.1 Å². The summed E-state index contributed by atoms with van der Waals surface area (Å²) in [5.74, 6) is 2.10. The molecule has 5 fully saturated rings. The van der Waals surface area contributed by atoms with Gasteiger partial charge >= 0.3 is 0 Å². The van der Waals surface area contributed by atoms with Gasteiger partial charge in [-0.3, -0.25) is 4.90 Å². The Labute approximate surface area is 205 Å². The SMILES string of the molecule is CO[C@@]12CC[C@@]3(C[C@@H]1C(C)(O)C(C)(C)C)[C@H]1Cc4ccc(C)c5c4[C@@]3(CCN1CC1CC1)[C@H]2O5. The molecule has 8 rings (SSSR count). The van der Waals surface area contributed by atoms with Crippen molar-refractivity contribution in [2.24, 2.45) is 22.7 Å². The van der Waals surface area contributed by atoms with Crippen LogP contribution in [0.25, 0.3) is 0 Å². The standard InChI is InChI=1S/C30H43NO3/c1-18-7-10-20-15-22-28-11-12-30(33-6,21(16-28)27(5,32)26(2,3)4)25-29(28,23(20)24(18)34-25)13-14-31(22)17-19-8-9-19/h7,10,19,21-22,25,32H,8-9,11-17H2,1-6H3/t21-,22-,25-,27?,28-,29+,30+/m1/s1. The van der Waals surface area contributed by atoms with Crippen molar-refractivity contribution in [1.82, 2.24) is 4.90 Å². The van der Waals surface area contributed by atoms with Crippen LogP contribution in [-0.2, 0) is 16.6 Å². The fourth-order valence-electron chi connectivity index (χ4n) is 9.73. The summed E-state index contributed by atoms with van der Waals surface area (Å²) in [5, 5.41) is 12.2. The molecule has 7 aliphatic rings. The zero-order valence-electron chi connectivity index (χ0n) is 22.0. The smallest absolute Gasteiger partial charge is 0.138 e. The van der Waals surface area contributed by atoms with Crippen LogP contribution in [0.2, 0.25) is 0 Å². The van der Waals surface area contributed by atoms with Gasteiger partial charge in [-0.25, -0.2) is 0 Å². The zero-order chi connectivity index (χ0) is 23.9. The van der Waals surface area contributed by atoms with Crippen molar-refractivity contribution in [2.75, 3.05) is 20.2 Å². The second kappa shape index (κ2) is 6.42. The van der Waals surface area contributed by atoms with E-state index in [1.54, 1.807) is 0 Å². The molecule has 1 aromatic carbocycles. The first-order chi connectivity index (χ1) is 16.0.